The average Bonchev–Trinajstić information content (AvgIpc) is 3.74. The largest absolute Gasteiger partial charge is 0.455 e. The molecular formula is C60H41NO. The van der Waals surface area contributed by atoms with Crippen LogP contribution in [0.4, 0.5) is 17.1 Å². The first kappa shape index (κ1) is 36.8. The molecule has 2 nitrogen and oxygen atoms in total. The van der Waals surface area contributed by atoms with Crippen LogP contribution < -0.4 is 4.90 Å². The lowest BCUT2D eigenvalue weighted by Crippen LogP contribution is -2.11. The molecule has 1 heterocycles. The Hall–Kier alpha value is -8.20. The van der Waals surface area contributed by atoms with Gasteiger partial charge >= 0.3 is 0 Å². The highest BCUT2D eigenvalue weighted by molar-refractivity contribution is 6.09. The van der Waals surface area contributed by atoms with Crippen LogP contribution in [0.5, 0.6) is 0 Å². The Morgan fingerprint density at radius 2 is 0.710 bits per heavy atom. The number of furan rings is 1. The van der Waals surface area contributed by atoms with Crippen LogP contribution in [0.2, 0.25) is 0 Å². The highest BCUT2D eigenvalue weighted by Crippen LogP contribution is 2.46. The number of benzene rings is 10. The molecule has 62 heavy (non-hydrogen) atoms. The second kappa shape index (κ2) is 16.1. The summed E-state index contributed by atoms with van der Waals surface area (Å²) in [7, 11) is 0. The van der Waals surface area contributed by atoms with Crippen LogP contribution in [-0.2, 0) is 0 Å². The zero-order chi connectivity index (χ0) is 41.2. The number of rotatable bonds is 9. The van der Waals surface area contributed by atoms with E-state index in [4.69, 9.17) is 4.42 Å². The summed E-state index contributed by atoms with van der Waals surface area (Å²) in [5.74, 6) is 0. The summed E-state index contributed by atoms with van der Waals surface area (Å²) >= 11 is 0. The predicted octanol–water partition coefficient (Wildman–Crippen LogP) is 17.1. The lowest BCUT2D eigenvalue weighted by molar-refractivity contribution is 0.670. The number of nitrogens with zero attached hydrogens (tertiary/aromatic N) is 1. The smallest absolute Gasteiger partial charge is 0.143 e. The molecule has 1 aromatic heterocycles. The van der Waals surface area contributed by atoms with Crippen LogP contribution in [0.1, 0.15) is 0 Å². The standard InChI is InChI=1S/C60H41NO/c1-3-17-42(18-4-1)43-33-35-44(36-34-43)45-37-39-48(40-38-45)61(49-22-15-21-47(41-49)51-29-16-30-57-56-28-12-14-32-59(56)62-60(51)57)58-31-13-11-27-55(58)54-26-10-9-25-53(54)52-24-8-7-23-50(52)46-19-5-2-6-20-46/h1-41H. The minimum Gasteiger partial charge on any atom is -0.455 e. The first-order valence-corrected chi connectivity index (χ1v) is 21.2. The summed E-state index contributed by atoms with van der Waals surface area (Å²) in [6.07, 6.45) is 0. The van der Waals surface area contributed by atoms with Crippen molar-refractivity contribution in [2.45, 2.75) is 0 Å². The lowest BCUT2D eigenvalue weighted by Gasteiger charge is -2.29. The van der Waals surface area contributed by atoms with Crippen molar-refractivity contribution in [2.75, 3.05) is 4.90 Å². The molecule has 0 N–H and O–H groups in total. The Morgan fingerprint density at radius 1 is 0.258 bits per heavy atom. The molecule has 11 rings (SSSR count). The molecule has 2 heteroatoms. The maximum Gasteiger partial charge on any atom is 0.143 e. The normalized spacial score (nSPS) is 11.2. The third-order valence-corrected chi connectivity index (χ3v) is 11.9. The summed E-state index contributed by atoms with van der Waals surface area (Å²) in [6.45, 7) is 0. The Labute approximate surface area is 362 Å². The highest BCUT2D eigenvalue weighted by Gasteiger charge is 2.21. The molecule has 0 saturated carbocycles. The van der Waals surface area contributed by atoms with Gasteiger partial charge in [-0.1, -0.05) is 212 Å². The van der Waals surface area contributed by atoms with Crippen molar-refractivity contribution in [2.24, 2.45) is 0 Å². The molecule has 11 aromatic rings. The summed E-state index contributed by atoms with van der Waals surface area (Å²) in [4.78, 5) is 2.40. The molecule has 0 amide bonds. The number of hydrogen-bond acceptors (Lipinski definition) is 2. The van der Waals surface area contributed by atoms with Crippen molar-refractivity contribution in [1.82, 2.24) is 0 Å². The second-order valence-corrected chi connectivity index (χ2v) is 15.6. The van der Waals surface area contributed by atoms with Crippen LogP contribution in [0.15, 0.2) is 253 Å². The van der Waals surface area contributed by atoms with Crippen molar-refractivity contribution < 1.29 is 4.42 Å². The minimum absolute atomic E-state index is 0.893. The van der Waals surface area contributed by atoms with E-state index in [2.05, 4.69) is 241 Å². The molecule has 0 spiro atoms. The van der Waals surface area contributed by atoms with E-state index in [-0.39, 0.29) is 0 Å². The third kappa shape index (κ3) is 6.84. The van der Waals surface area contributed by atoms with Gasteiger partial charge in [0.05, 0.1) is 5.69 Å². The van der Waals surface area contributed by atoms with Gasteiger partial charge in [0, 0.05) is 33.3 Å². The quantitative estimate of drug-likeness (QED) is 0.145. The molecular weight excluding hydrogens is 751 g/mol. The Bertz CT molecular complexity index is 3330. The van der Waals surface area contributed by atoms with Gasteiger partial charge in [0.25, 0.3) is 0 Å². The fraction of sp³-hybridized carbons (Fsp3) is 0. The molecule has 0 aliphatic heterocycles. The van der Waals surface area contributed by atoms with E-state index in [0.717, 1.165) is 66.8 Å². The average molecular weight is 792 g/mol. The van der Waals surface area contributed by atoms with Crippen LogP contribution in [0.25, 0.3) is 88.7 Å². The van der Waals surface area contributed by atoms with Gasteiger partial charge in [-0.2, -0.15) is 0 Å². The summed E-state index contributed by atoms with van der Waals surface area (Å²) in [5, 5.41) is 2.24. The van der Waals surface area contributed by atoms with Gasteiger partial charge < -0.3 is 9.32 Å². The van der Waals surface area contributed by atoms with Crippen molar-refractivity contribution in [1.29, 1.82) is 0 Å². The van der Waals surface area contributed by atoms with Crippen LogP contribution in [0.3, 0.4) is 0 Å². The van der Waals surface area contributed by atoms with E-state index in [1.807, 2.05) is 12.1 Å². The van der Waals surface area contributed by atoms with Crippen LogP contribution in [0, 0.1) is 0 Å². The Balaban J connectivity index is 1.06. The zero-order valence-corrected chi connectivity index (χ0v) is 34.0. The van der Waals surface area contributed by atoms with Gasteiger partial charge in [-0.15, -0.1) is 0 Å². The first-order valence-electron chi connectivity index (χ1n) is 21.2. The fourth-order valence-electron chi connectivity index (χ4n) is 8.94. The van der Waals surface area contributed by atoms with E-state index in [9.17, 15) is 0 Å². The molecule has 0 aliphatic carbocycles. The molecule has 0 fully saturated rings. The molecule has 10 aromatic carbocycles. The van der Waals surface area contributed by atoms with E-state index in [1.54, 1.807) is 0 Å². The predicted molar refractivity (Wildman–Crippen MR) is 261 cm³/mol. The topological polar surface area (TPSA) is 16.4 Å². The van der Waals surface area contributed by atoms with Crippen molar-refractivity contribution >= 4 is 39.0 Å². The SMILES string of the molecule is c1ccc(-c2ccc(-c3ccc(N(c4cccc(-c5cccc6c5oc5ccccc56)c4)c4ccccc4-c4ccccc4-c4ccccc4-c4ccccc4)cc3)cc2)cc1. The maximum atomic E-state index is 6.56. The van der Waals surface area contributed by atoms with Crippen molar-refractivity contribution in [3.05, 3.63) is 249 Å². The van der Waals surface area contributed by atoms with E-state index >= 15 is 0 Å². The van der Waals surface area contributed by atoms with Gasteiger partial charge in [-0.25, -0.2) is 0 Å². The summed E-state index contributed by atoms with van der Waals surface area (Å²) in [6, 6.07) is 89.0. The van der Waals surface area contributed by atoms with Crippen molar-refractivity contribution in [3.63, 3.8) is 0 Å². The van der Waals surface area contributed by atoms with E-state index in [1.165, 1.54) is 38.9 Å². The zero-order valence-electron chi connectivity index (χ0n) is 34.0. The lowest BCUT2D eigenvalue weighted by atomic mass is 9.88. The molecule has 0 bridgehead atoms. The number of para-hydroxylation sites is 3. The Morgan fingerprint density at radius 3 is 1.40 bits per heavy atom. The fourth-order valence-corrected chi connectivity index (χ4v) is 8.94. The molecule has 0 aliphatic rings. The van der Waals surface area contributed by atoms with Gasteiger partial charge in [-0.05, 0) is 92.0 Å². The first-order chi connectivity index (χ1) is 30.8. The van der Waals surface area contributed by atoms with Crippen LogP contribution >= 0.6 is 0 Å². The molecule has 292 valence electrons. The number of hydrogen-bond donors (Lipinski definition) is 0. The second-order valence-electron chi connectivity index (χ2n) is 15.6. The van der Waals surface area contributed by atoms with E-state index < -0.39 is 0 Å². The highest BCUT2D eigenvalue weighted by atomic mass is 16.3. The molecule has 0 unspecified atom stereocenters. The molecule has 0 saturated heterocycles. The van der Waals surface area contributed by atoms with Gasteiger partial charge in [0.2, 0.25) is 0 Å². The van der Waals surface area contributed by atoms with E-state index in [0.29, 0.717) is 0 Å². The third-order valence-electron chi connectivity index (χ3n) is 11.9. The number of fused-ring (bicyclic) bond motifs is 3. The minimum atomic E-state index is 0.893. The molecule has 0 atom stereocenters. The molecule has 0 radical (unpaired) electrons. The van der Waals surface area contributed by atoms with Crippen molar-refractivity contribution in [3.8, 4) is 66.8 Å². The monoisotopic (exact) mass is 791 g/mol. The van der Waals surface area contributed by atoms with Gasteiger partial charge in [0.15, 0.2) is 0 Å². The van der Waals surface area contributed by atoms with Gasteiger partial charge in [-0.3, -0.25) is 0 Å². The number of anilines is 3. The summed E-state index contributed by atoms with van der Waals surface area (Å²) in [5.41, 5.74) is 18.9. The maximum absolute atomic E-state index is 6.56. The van der Waals surface area contributed by atoms with Crippen LogP contribution in [-0.4, -0.2) is 0 Å². The van der Waals surface area contributed by atoms with Gasteiger partial charge in [0.1, 0.15) is 11.2 Å². The summed E-state index contributed by atoms with van der Waals surface area (Å²) < 4.78 is 6.56. The Kier molecular flexibility index (Phi) is 9.57.